The summed E-state index contributed by atoms with van der Waals surface area (Å²) in [6, 6.07) is 9.30. The number of aromatic amines is 1. The standard InChI is InChI=1S/C20H21N3O5/c1-5-26-20(25)16-11(2)15(12(3)21-16)19(24)27-13(4)17-22-23-18(28-17)14-9-7-6-8-10-14/h6-10,13,21H,5H2,1-4H3/t13-/m1/s1. The van der Waals surface area contributed by atoms with Crippen LogP contribution in [0.5, 0.6) is 0 Å². The Morgan fingerprint density at radius 1 is 1.14 bits per heavy atom. The molecule has 0 aliphatic rings. The molecule has 0 saturated carbocycles. The van der Waals surface area contributed by atoms with E-state index in [4.69, 9.17) is 13.9 Å². The van der Waals surface area contributed by atoms with Gasteiger partial charge in [-0.05, 0) is 45.4 Å². The highest BCUT2D eigenvalue weighted by atomic mass is 16.6. The minimum absolute atomic E-state index is 0.184. The average molecular weight is 383 g/mol. The SMILES string of the molecule is CCOC(=O)c1[nH]c(C)c(C(=O)O[C@H](C)c2nnc(-c3ccccc3)o2)c1C. The van der Waals surface area contributed by atoms with Crippen molar-refractivity contribution < 1.29 is 23.5 Å². The summed E-state index contributed by atoms with van der Waals surface area (Å²) >= 11 is 0. The van der Waals surface area contributed by atoms with Crippen LogP contribution in [-0.4, -0.2) is 33.7 Å². The first-order valence-corrected chi connectivity index (χ1v) is 8.88. The second-order valence-corrected chi connectivity index (χ2v) is 6.20. The van der Waals surface area contributed by atoms with Crippen LogP contribution in [0.1, 0.15) is 57.9 Å². The van der Waals surface area contributed by atoms with Crippen LogP contribution in [0.25, 0.3) is 11.5 Å². The third kappa shape index (κ3) is 3.80. The summed E-state index contributed by atoms with van der Waals surface area (Å²) in [7, 11) is 0. The summed E-state index contributed by atoms with van der Waals surface area (Å²) in [5.41, 5.74) is 2.30. The lowest BCUT2D eigenvalue weighted by molar-refractivity contribution is 0.0278. The van der Waals surface area contributed by atoms with Gasteiger partial charge in [-0.15, -0.1) is 10.2 Å². The normalized spacial score (nSPS) is 11.9. The van der Waals surface area contributed by atoms with Crippen molar-refractivity contribution in [2.24, 2.45) is 0 Å². The van der Waals surface area contributed by atoms with Crippen LogP contribution in [0.3, 0.4) is 0 Å². The number of H-pyrrole nitrogens is 1. The van der Waals surface area contributed by atoms with Gasteiger partial charge in [0.1, 0.15) is 5.69 Å². The van der Waals surface area contributed by atoms with E-state index in [2.05, 4.69) is 15.2 Å². The van der Waals surface area contributed by atoms with Gasteiger partial charge in [0, 0.05) is 11.3 Å². The van der Waals surface area contributed by atoms with Crippen LogP contribution < -0.4 is 0 Å². The Kier molecular flexibility index (Phi) is 5.58. The number of benzene rings is 1. The van der Waals surface area contributed by atoms with Crippen molar-refractivity contribution >= 4 is 11.9 Å². The quantitative estimate of drug-likeness (QED) is 0.645. The number of nitrogens with one attached hydrogen (secondary N) is 1. The Bertz CT molecular complexity index is 991. The monoisotopic (exact) mass is 383 g/mol. The Labute approximate surface area is 161 Å². The van der Waals surface area contributed by atoms with Crippen molar-refractivity contribution in [2.45, 2.75) is 33.8 Å². The lowest BCUT2D eigenvalue weighted by atomic mass is 10.1. The van der Waals surface area contributed by atoms with Gasteiger partial charge in [-0.3, -0.25) is 0 Å². The first kappa shape index (κ1) is 19.3. The summed E-state index contributed by atoms with van der Waals surface area (Å²) < 4.78 is 16.1. The van der Waals surface area contributed by atoms with Crippen LogP contribution in [0.2, 0.25) is 0 Å². The van der Waals surface area contributed by atoms with E-state index < -0.39 is 18.0 Å². The number of carbonyl (C=O) groups is 2. The molecule has 1 N–H and O–H groups in total. The second kappa shape index (κ2) is 8.08. The summed E-state index contributed by atoms with van der Waals surface area (Å²) in [6.07, 6.45) is -0.753. The van der Waals surface area contributed by atoms with Gasteiger partial charge in [0.05, 0.1) is 12.2 Å². The van der Waals surface area contributed by atoms with E-state index in [-0.39, 0.29) is 23.8 Å². The number of hydrogen-bond donors (Lipinski definition) is 1. The molecule has 3 aromatic rings. The molecule has 2 heterocycles. The van der Waals surface area contributed by atoms with E-state index in [1.807, 2.05) is 30.3 Å². The largest absolute Gasteiger partial charge is 0.461 e. The molecule has 0 fully saturated rings. The van der Waals surface area contributed by atoms with Gasteiger partial charge in [0.2, 0.25) is 5.89 Å². The molecule has 0 spiro atoms. The maximum Gasteiger partial charge on any atom is 0.355 e. The Morgan fingerprint density at radius 3 is 2.54 bits per heavy atom. The third-order valence-corrected chi connectivity index (χ3v) is 4.21. The van der Waals surface area contributed by atoms with Gasteiger partial charge >= 0.3 is 11.9 Å². The highest BCUT2D eigenvalue weighted by Crippen LogP contribution is 2.25. The van der Waals surface area contributed by atoms with Crippen LogP contribution in [0.15, 0.2) is 34.7 Å². The number of rotatable bonds is 6. The fourth-order valence-electron chi connectivity index (χ4n) is 2.83. The number of carbonyl (C=O) groups excluding carboxylic acids is 2. The zero-order valence-corrected chi connectivity index (χ0v) is 16.1. The average Bonchev–Trinajstić information content (AvgIpc) is 3.27. The third-order valence-electron chi connectivity index (χ3n) is 4.21. The van der Waals surface area contributed by atoms with E-state index in [1.165, 1.54) is 0 Å². The van der Waals surface area contributed by atoms with Gasteiger partial charge in [0.25, 0.3) is 5.89 Å². The molecule has 0 radical (unpaired) electrons. The smallest absolute Gasteiger partial charge is 0.355 e. The van der Waals surface area contributed by atoms with Crippen LogP contribution in [0, 0.1) is 13.8 Å². The zero-order chi connectivity index (χ0) is 20.3. The van der Waals surface area contributed by atoms with Crippen molar-refractivity contribution in [3.05, 3.63) is 58.7 Å². The molecule has 1 atom stereocenters. The number of aryl methyl sites for hydroxylation is 1. The van der Waals surface area contributed by atoms with E-state index in [0.717, 1.165) is 5.56 Å². The number of aromatic nitrogens is 3. The fourth-order valence-corrected chi connectivity index (χ4v) is 2.83. The molecule has 146 valence electrons. The van der Waals surface area contributed by atoms with Crippen molar-refractivity contribution in [1.82, 2.24) is 15.2 Å². The second-order valence-electron chi connectivity index (χ2n) is 6.20. The summed E-state index contributed by atoms with van der Waals surface area (Å²) in [5, 5.41) is 7.96. The molecule has 0 unspecified atom stereocenters. The Balaban J connectivity index is 1.77. The summed E-state index contributed by atoms with van der Waals surface area (Å²) in [4.78, 5) is 27.5. The van der Waals surface area contributed by atoms with Gasteiger partial charge in [-0.2, -0.15) is 0 Å². The van der Waals surface area contributed by atoms with Crippen molar-refractivity contribution in [3.63, 3.8) is 0 Å². The van der Waals surface area contributed by atoms with Crippen molar-refractivity contribution in [1.29, 1.82) is 0 Å². The van der Waals surface area contributed by atoms with Crippen LogP contribution in [0.4, 0.5) is 0 Å². The van der Waals surface area contributed by atoms with Crippen LogP contribution >= 0.6 is 0 Å². The minimum atomic E-state index is -0.753. The van der Waals surface area contributed by atoms with E-state index in [0.29, 0.717) is 17.1 Å². The molecule has 1 aromatic carbocycles. The van der Waals surface area contributed by atoms with Gasteiger partial charge in [-0.25, -0.2) is 9.59 Å². The highest BCUT2D eigenvalue weighted by molar-refractivity contribution is 5.98. The molecule has 0 bridgehead atoms. The molecule has 28 heavy (non-hydrogen) atoms. The molecule has 0 amide bonds. The Morgan fingerprint density at radius 2 is 1.86 bits per heavy atom. The summed E-state index contributed by atoms with van der Waals surface area (Å²) in [5.74, 6) is -0.575. The molecule has 0 aliphatic heterocycles. The lowest BCUT2D eigenvalue weighted by Gasteiger charge is -2.10. The molecule has 2 aromatic heterocycles. The predicted molar refractivity (Wildman–Crippen MR) is 99.8 cm³/mol. The Hall–Kier alpha value is -3.42. The molecule has 8 heteroatoms. The van der Waals surface area contributed by atoms with Gasteiger partial charge in [0.15, 0.2) is 6.10 Å². The highest BCUT2D eigenvalue weighted by Gasteiger charge is 2.26. The summed E-state index contributed by atoms with van der Waals surface area (Å²) in [6.45, 7) is 6.96. The fraction of sp³-hybridized carbons (Fsp3) is 0.300. The topological polar surface area (TPSA) is 107 Å². The van der Waals surface area contributed by atoms with Crippen molar-refractivity contribution in [3.8, 4) is 11.5 Å². The molecule has 0 saturated heterocycles. The molecular formula is C20H21N3O5. The number of ether oxygens (including phenoxy) is 2. The zero-order valence-electron chi connectivity index (χ0n) is 16.1. The van der Waals surface area contributed by atoms with E-state index >= 15 is 0 Å². The predicted octanol–water partition coefficient (Wildman–Crippen LogP) is 3.78. The van der Waals surface area contributed by atoms with E-state index in [1.54, 1.807) is 27.7 Å². The maximum absolute atomic E-state index is 12.7. The number of nitrogens with zero attached hydrogens (tertiary/aromatic N) is 2. The lowest BCUT2D eigenvalue weighted by Crippen LogP contribution is -2.12. The van der Waals surface area contributed by atoms with Crippen molar-refractivity contribution in [2.75, 3.05) is 6.61 Å². The minimum Gasteiger partial charge on any atom is -0.461 e. The van der Waals surface area contributed by atoms with Gasteiger partial charge in [-0.1, -0.05) is 18.2 Å². The van der Waals surface area contributed by atoms with E-state index in [9.17, 15) is 9.59 Å². The molecule has 8 nitrogen and oxygen atoms in total. The number of hydrogen-bond acceptors (Lipinski definition) is 7. The molecule has 0 aliphatic carbocycles. The first-order chi connectivity index (χ1) is 13.4. The molecule has 3 rings (SSSR count). The molecular weight excluding hydrogens is 362 g/mol. The van der Waals surface area contributed by atoms with Crippen LogP contribution in [-0.2, 0) is 9.47 Å². The number of esters is 2. The first-order valence-electron chi connectivity index (χ1n) is 8.88. The van der Waals surface area contributed by atoms with Gasteiger partial charge < -0.3 is 18.9 Å². The maximum atomic E-state index is 12.7.